The third-order valence-corrected chi connectivity index (χ3v) is 6.00. The summed E-state index contributed by atoms with van der Waals surface area (Å²) in [5, 5.41) is 6.03. The van der Waals surface area contributed by atoms with Gasteiger partial charge in [-0.1, -0.05) is 37.3 Å². The largest absolute Gasteiger partial charge is 0.380 e. The van der Waals surface area contributed by atoms with E-state index in [1.54, 1.807) is 0 Å². The van der Waals surface area contributed by atoms with Crippen molar-refractivity contribution in [2.45, 2.75) is 52.0 Å². The van der Waals surface area contributed by atoms with Crippen LogP contribution in [0.5, 0.6) is 0 Å². The van der Waals surface area contributed by atoms with Crippen LogP contribution < -0.4 is 10.6 Å². The molecule has 0 bridgehead atoms. The number of carbonyl (C=O) groups is 2. The summed E-state index contributed by atoms with van der Waals surface area (Å²) in [6.07, 6.45) is 2.52. The summed E-state index contributed by atoms with van der Waals surface area (Å²) in [4.78, 5) is 32.2. The van der Waals surface area contributed by atoms with Crippen LogP contribution in [0.1, 0.15) is 72.4 Å². The predicted octanol–water partition coefficient (Wildman–Crippen LogP) is 4.20. The maximum atomic E-state index is 12.8. The summed E-state index contributed by atoms with van der Waals surface area (Å²) in [7, 11) is 0. The van der Waals surface area contributed by atoms with Crippen molar-refractivity contribution in [3.63, 3.8) is 0 Å². The zero-order valence-electron chi connectivity index (χ0n) is 20.0. The van der Waals surface area contributed by atoms with E-state index < -0.39 is 0 Å². The van der Waals surface area contributed by atoms with Gasteiger partial charge < -0.3 is 20.3 Å². The molecule has 1 atom stereocenters. The molecule has 0 saturated carbocycles. The monoisotopic (exact) mass is 452 g/mol. The Kier molecular flexibility index (Phi) is 9.24. The second-order valence-electron chi connectivity index (χ2n) is 8.60. The number of urea groups is 1. The van der Waals surface area contributed by atoms with E-state index in [1.807, 2.05) is 61.2 Å². The number of carbonyl (C=O) groups excluding carboxylic acids is 2. The maximum absolute atomic E-state index is 12.8. The number of piperidine rings is 1. The molecule has 1 fully saturated rings. The van der Waals surface area contributed by atoms with Crippen molar-refractivity contribution in [2.24, 2.45) is 0 Å². The number of ether oxygens (including phenoxy) is 1. The quantitative estimate of drug-likeness (QED) is 0.559. The number of likely N-dealkylation sites (tertiary alicyclic amines) is 1. The number of nitrogens with one attached hydrogen (secondary N) is 2. The van der Waals surface area contributed by atoms with Crippen molar-refractivity contribution in [2.75, 3.05) is 32.8 Å². The van der Waals surface area contributed by atoms with Gasteiger partial charge in [0.2, 0.25) is 0 Å². The zero-order valence-corrected chi connectivity index (χ0v) is 20.0. The molecule has 33 heavy (non-hydrogen) atoms. The van der Waals surface area contributed by atoms with Crippen LogP contribution in [0.25, 0.3) is 0 Å². The Balaban J connectivity index is 1.57. The van der Waals surface area contributed by atoms with Crippen LogP contribution in [0, 0.1) is 6.92 Å². The summed E-state index contributed by atoms with van der Waals surface area (Å²) in [6.45, 7) is 8.95. The van der Waals surface area contributed by atoms with Crippen LogP contribution in [0.15, 0.2) is 42.5 Å². The van der Waals surface area contributed by atoms with E-state index >= 15 is 0 Å². The van der Waals surface area contributed by atoms with Gasteiger partial charge in [-0.2, -0.15) is 0 Å². The molecule has 1 aromatic heterocycles. The lowest BCUT2D eigenvalue weighted by Gasteiger charge is -2.33. The normalized spacial score (nSPS) is 15.2. The van der Waals surface area contributed by atoms with E-state index in [2.05, 4.69) is 17.6 Å². The summed E-state index contributed by atoms with van der Waals surface area (Å²) >= 11 is 0. The Morgan fingerprint density at radius 1 is 1.12 bits per heavy atom. The van der Waals surface area contributed by atoms with Gasteiger partial charge in [-0.25, -0.2) is 4.79 Å². The third-order valence-electron chi connectivity index (χ3n) is 6.00. The summed E-state index contributed by atoms with van der Waals surface area (Å²) in [6, 6.07) is 13.6. The maximum Gasteiger partial charge on any atom is 0.317 e. The average Bonchev–Trinajstić information content (AvgIpc) is 2.84. The minimum absolute atomic E-state index is 0.0490. The van der Waals surface area contributed by atoms with Gasteiger partial charge in [-0.15, -0.1) is 0 Å². The predicted molar refractivity (Wildman–Crippen MR) is 129 cm³/mol. The van der Waals surface area contributed by atoms with Gasteiger partial charge in [0.25, 0.3) is 5.91 Å². The first-order chi connectivity index (χ1) is 16.0. The number of hydrogen-bond acceptors (Lipinski definition) is 4. The second-order valence-corrected chi connectivity index (χ2v) is 8.60. The van der Waals surface area contributed by atoms with Gasteiger partial charge in [-0.05, 0) is 50.8 Å². The van der Waals surface area contributed by atoms with Crippen LogP contribution in [-0.2, 0) is 4.74 Å². The van der Waals surface area contributed by atoms with Crippen molar-refractivity contribution in [3.8, 4) is 0 Å². The number of nitrogens with zero attached hydrogens (tertiary/aromatic N) is 2. The topological polar surface area (TPSA) is 83.6 Å². The van der Waals surface area contributed by atoms with E-state index in [-0.39, 0.29) is 23.9 Å². The van der Waals surface area contributed by atoms with E-state index in [1.165, 1.54) is 0 Å². The van der Waals surface area contributed by atoms with Gasteiger partial charge in [0, 0.05) is 37.9 Å². The van der Waals surface area contributed by atoms with Crippen molar-refractivity contribution < 1.29 is 14.3 Å². The van der Waals surface area contributed by atoms with Gasteiger partial charge in [0.05, 0.1) is 23.9 Å². The summed E-state index contributed by atoms with van der Waals surface area (Å²) in [5.74, 6) is 0.0343. The highest BCUT2D eigenvalue weighted by molar-refractivity contribution is 5.95. The molecule has 2 N–H and O–H groups in total. The molecule has 0 unspecified atom stereocenters. The number of aryl methyl sites for hydroxylation is 1. The smallest absolute Gasteiger partial charge is 0.317 e. The fraction of sp³-hybridized carbons (Fsp3) is 0.500. The van der Waals surface area contributed by atoms with Crippen molar-refractivity contribution in [1.29, 1.82) is 0 Å². The molecule has 178 valence electrons. The lowest BCUT2D eigenvalue weighted by molar-refractivity contribution is 0.0912. The number of benzene rings is 1. The zero-order chi connectivity index (χ0) is 23.6. The Bertz CT molecular complexity index is 911. The number of amides is 3. The number of rotatable bonds is 9. The van der Waals surface area contributed by atoms with Crippen molar-refractivity contribution in [3.05, 3.63) is 65.0 Å². The molecule has 7 nitrogen and oxygen atoms in total. The molecule has 0 radical (unpaired) electrons. The van der Waals surface area contributed by atoms with Gasteiger partial charge >= 0.3 is 6.03 Å². The van der Waals surface area contributed by atoms with Crippen LogP contribution in [0.2, 0.25) is 0 Å². The Morgan fingerprint density at radius 2 is 1.85 bits per heavy atom. The Labute approximate surface area is 196 Å². The molecule has 3 amide bonds. The average molecular weight is 453 g/mol. The van der Waals surface area contributed by atoms with Gasteiger partial charge in [0.1, 0.15) is 0 Å². The molecular weight excluding hydrogens is 416 g/mol. The lowest BCUT2D eigenvalue weighted by atomic mass is 9.90. The van der Waals surface area contributed by atoms with E-state index in [4.69, 9.17) is 9.72 Å². The van der Waals surface area contributed by atoms with Crippen LogP contribution in [0.3, 0.4) is 0 Å². The minimum Gasteiger partial charge on any atom is -0.380 e. The second kappa shape index (κ2) is 12.3. The molecule has 0 aliphatic carbocycles. The molecule has 7 heteroatoms. The molecule has 1 saturated heterocycles. The number of aromatic nitrogens is 1. The highest BCUT2D eigenvalue weighted by Crippen LogP contribution is 2.29. The van der Waals surface area contributed by atoms with E-state index in [9.17, 15) is 9.59 Å². The molecule has 3 rings (SSSR count). The SMILES string of the molecule is CCCOCCNC(=O)c1ccc(C)nc1C1CCN(C(=O)N[C@@H](C)c2ccccc2)CC1. The molecule has 1 aliphatic rings. The highest BCUT2D eigenvalue weighted by Gasteiger charge is 2.28. The van der Waals surface area contributed by atoms with Crippen LogP contribution in [0.4, 0.5) is 4.79 Å². The first-order valence-electron chi connectivity index (χ1n) is 11.9. The standard InChI is InChI=1S/C26H36N4O3/c1-4-17-33-18-14-27-25(31)23-11-10-19(2)28-24(23)22-12-15-30(16-13-22)26(32)29-20(3)21-8-6-5-7-9-21/h5-11,20,22H,4,12-18H2,1-3H3,(H,27,31)(H,29,32)/t20-/m0/s1. The summed E-state index contributed by atoms with van der Waals surface area (Å²) in [5.41, 5.74) is 3.43. The van der Waals surface area contributed by atoms with Crippen LogP contribution >= 0.6 is 0 Å². The molecule has 2 heterocycles. The lowest BCUT2D eigenvalue weighted by Crippen LogP contribution is -2.45. The Hall–Kier alpha value is -2.93. The summed E-state index contributed by atoms with van der Waals surface area (Å²) < 4.78 is 5.45. The number of hydrogen-bond donors (Lipinski definition) is 2. The fourth-order valence-electron chi connectivity index (χ4n) is 4.12. The minimum atomic E-state index is -0.116. The molecule has 2 aromatic rings. The molecule has 0 spiro atoms. The van der Waals surface area contributed by atoms with Gasteiger partial charge in [-0.3, -0.25) is 9.78 Å². The third kappa shape index (κ3) is 7.02. The highest BCUT2D eigenvalue weighted by atomic mass is 16.5. The van der Waals surface area contributed by atoms with E-state index in [0.717, 1.165) is 36.2 Å². The Morgan fingerprint density at radius 3 is 2.55 bits per heavy atom. The first kappa shape index (κ1) is 24.7. The van der Waals surface area contributed by atoms with Gasteiger partial charge in [0.15, 0.2) is 0 Å². The fourth-order valence-corrected chi connectivity index (χ4v) is 4.12. The van der Waals surface area contributed by atoms with Crippen molar-refractivity contribution in [1.82, 2.24) is 20.5 Å². The van der Waals surface area contributed by atoms with Crippen LogP contribution in [-0.4, -0.2) is 54.7 Å². The molecule has 1 aromatic carbocycles. The van der Waals surface area contributed by atoms with Crippen molar-refractivity contribution >= 4 is 11.9 Å². The first-order valence-corrected chi connectivity index (χ1v) is 11.9. The molecule has 1 aliphatic heterocycles. The molecular formula is C26H36N4O3. The van der Waals surface area contributed by atoms with E-state index in [0.29, 0.717) is 38.4 Å². The number of pyridine rings is 1.